The van der Waals surface area contributed by atoms with Gasteiger partial charge in [0.25, 0.3) is 0 Å². The molecule has 0 aliphatic rings. The van der Waals surface area contributed by atoms with Crippen molar-refractivity contribution in [2.24, 2.45) is 0 Å². The number of hydrogen-bond donors (Lipinski definition) is 0. The molecule has 3 aromatic rings. The predicted molar refractivity (Wildman–Crippen MR) is 88.5 cm³/mol. The highest BCUT2D eigenvalue weighted by Gasteiger charge is 2.24. The molecule has 5 nitrogen and oxygen atoms in total. The summed E-state index contributed by atoms with van der Waals surface area (Å²) < 4.78 is 10.5. The Labute approximate surface area is 142 Å². The van der Waals surface area contributed by atoms with Crippen molar-refractivity contribution < 1.29 is 18.8 Å². The van der Waals surface area contributed by atoms with Crippen molar-refractivity contribution in [2.45, 2.75) is 6.92 Å². The third-order valence-corrected chi connectivity index (χ3v) is 3.75. The largest absolute Gasteiger partial charge is 0.423 e. The summed E-state index contributed by atoms with van der Waals surface area (Å²) in [5, 5.41) is 4.38. The van der Waals surface area contributed by atoms with Gasteiger partial charge in [-0.1, -0.05) is 35.0 Å². The van der Waals surface area contributed by atoms with E-state index in [1.807, 2.05) is 0 Å². The summed E-state index contributed by atoms with van der Waals surface area (Å²) in [5.74, 6) is 0.0401. The Morgan fingerprint density at radius 1 is 1.17 bits per heavy atom. The molecule has 0 atom stereocenters. The van der Waals surface area contributed by atoms with Crippen molar-refractivity contribution in [1.82, 2.24) is 5.16 Å². The van der Waals surface area contributed by atoms with Crippen molar-refractivity contribution in [3.8, 4) is 17.0 Å². The molecule has 0 saturated carbocycles. The standard InChI is InChI=1S/C18H12ClNO4/c1-11-16(17(20-24-11)14-4-2-3-5-15(14)19)18(22)23-13-8-6-12(10-21)7-9-13/h2-10H,1H3. The fraction of sp³-hybridized carbons (Fsp3) is 0.0556. The highest BCUT2D eigenvalue weighted by atomic mass is 35.5. The third kappa shape index (κ3) is 3.07. The predicted octanol–water partition coefficient (Wildman–Crippen LogP) is 4.34. The van der Waals surface area contributed by atoms with Gasteiger partial charge in [-0.05, 0) is 37.3 Å². The zero-order valence-corrected chi connectivity index (χ0v) is 13.4. The van der Waals surface area contributed by atoms with Gasteiger partial charge in [-0.15, -0.1) is 0 Å². The number of carbonyl (C=O) groups excluding carboxylic acids is 2. The molecule has 2 aromatic carbocycles. The zero-order valence-electron chi connectivity index (χ0n) is 12.7. The molecule has 120 valence electrons. The number of aryl methyl sites for hydroxylation is 1. The molecule has 0 radical (unpaired) electrons. The molecule has 0 spiro atoms. The van der Waals surface area contributed by atoms with Crippen molar-refractivity contribution in [2.75, 3.05) is 0 Å². The van der Waals surface area contributed by atoms with Crippen LogP contribution in [0.25, 0.3) is 11.3 Å². The summed E-state index contributed by atoms with van der Waals surface area (Å²) in [6, 6.07) is 13.2. The SMILES string of the molecule is Cc1onc(-c2ccccc2Cl)c1C(=O)Oc1ccc(C=O)cc1. The van der Waals surface area contributed by atoms with Crippen molar-refractivity contribution in [3.63, 3.8) is 0 Å². The zero-order chi connectivity index (χ0) is 17.1. The van der Waals surface area contributed by atoms with Gasteiger partial charge in [0.15, 0.2) is 0 Å². The van der Waals surface area contributed by atoms with Gasteiger partial charge < -0.3 is 9.26 Å². The lowest BCUT2D eigenvalue weighted by atomic mass is 10.1. The maximum absolute atomic E-state index is 12.5. The topological polar surface area (TPSA) is 69.4 Å². The van der Waals surface area contributed by atoms with Crippen LogP contribution in [0.15, 0.2) is 53.1 Å². The van der Waals surface area contributed by atoms with E-state index in [1.54, 1.807) is 55.5 Å². The molecule has 0 unspecified atom stereocenters. The van der Waals surface area contributed by atoms with E-state index in [9.17, 15) is 9.59 Å². The Bertz CT molecular complexity index is 900. The van der Waals surface area contributed by atoms with Crippen LogP contribution in [0.4, 0.5) is 0 Å². The number of aldehydes is 1. The van der Waals surface area contributed by atoms with Crippen LogP contribution < -0.4 is 4.74 Å². The minimum absolute atomic E-state index is 0.211. The van der Waals surface area contributed by atoms with E-state index in [0.717, 1.165) is 0 Å². The molecule has 1 heterocycles. The molecular formula is C18H12ClNO4. The lowest BCUT2D eigenvalue weighted by molar-refractivity contribution is 0.0733. The molecule has 1 aromatic heterocycles. The molecule has 0 amide bonds. The highest BCUT2D eigenvalue weighted by Crippen LogP contribution is 2.31. The van der Waals surface area contributed by atoms with Crippen LogP contribution in [0, 0.1) is 6.92 Å². The minimum atomic E-state index is -0.609. The molecular weight excluding hydrogens is 330 g/mol. The lowest BCUT2D eigenvalue weighted by Crippen LogP contribution is -2.10. The van der Waals surface area contributed by atoms with Gasteiger partial charge >= 0.3 is 5.97 Å². The third-order valence-electron chi connectivity index (χ3n) is 3.42. The van der Waals surface area contributed by atoms with Crippen LogP contribution in [0.2, 0.25) is 5.02 Å². The van der Waals surface area contributed by atoms with Gasteiger partial charge in [0.2, 0.25) is 0 Å². The first-order valence-electron chi connectivity index (χ1n) is 7.08. The fourth-order valence-electron chi connectivity index (χ4n) is 2.22. The maximum atomic E-state index is 12.5. The highest BCUT2D eigenvalue weighted by molar-refractivity contribution is 6.33. The molecule has 6 heteroatoms. The average molecular weight is 342 g/mol. The number of benzene rings is 2. The number of halogens is 1. The van der Waals surface area contributed by atoms with Gasteiger partial charge in [0, 0.05) is 11.1 Å². The Balaban J connectivity index is 1.94. The maximum Gasteiger partial charge on any atom is 0.349 e. The Kier molecular flexibility index (Phi) is 4.44. The number of esters is 1. The quantitative estimate of drug-likeness (QED) is 0.401. The first-order chi connectivity index (χ1) is 11.6. The van der Waals surface area contributed by atoms with Crippen LogP contribution in [0.5, 0.6) is 5.75 Å². The summed E-state index contributed by atoms with van der Waals surface area (Å²) >= 11 is 6.17. The fourth-order valence-corrected chi connectivity index (χ4v) is 2.45. The summed E-state index contributed by atoms with van der Waals surface area (Å²) in [6.07, 6.45) is 0.714. The van der Waals surface area contributed by atoms with Crippen molar-refractivity contribution >= 4 is 23.9 Å². The first-order valence-corrected chi connectivity index (χ1v) is 7.46. The normalized spacial score (nSPS) is 10.4. The summed E-state index contributed by atoms with van der Waals surface area (Å²) in [5.41, 5.74) is 1.61. The Hall–Kier alpha value is -2.92. The second-order valence-corrected chi connectivity index (χ2v) is 5.43. The monoisotopic (exact) mass is 341 g/mol. The van der Waals surface area contributed by atoms with Gasteiger partial charge in [-0.2, -0.15) is 0 Å². The number of nitrogens with zero attached hydrogens (tertiary/aromatic N) is 1. The van der Waals surface area contributed by atoms with E-state index in [2.05, 4.69) is 5.16 Å². The molecule has 0 saturated heterocycles. The molecule has 0 N–H and O–H groups in total. The summed E-state index contributed by atoms with van der Waals surface area (Å²) in [4.78, 5) is 23.2. The molecule has 0 fully saturated rings. The van der Waals surface area contributed by atoms with E-state index < -0.39 is 5.97 Å². The van der Waals surface area contributed by atoms with Gasteiger partial charge in [0.1, 0.15) is 29.1 Å². The van der Waals surface area contributed by atoms with Crippen molar-refractivity contribution in [3.05, 3.63) is 70.4 Å². The smallest absolute Gasteiger partial charge is 0.349 e. The lowest BCUT2D eigenvalue weighted by Gasteiger charge is -2.06. The van der Waals surface area contributed by atoms with E-state index >= 15 is 0 Å². The molecule has 3 rings (SSSR count). The van der Waals surface area contributed by atoms with Crippen LogP contribution in [0.3, 0.4) is 0 Å². The van der Waals surface area contributed by atoms with Gasteiger partial charge in [0.05, 0.1) is 5.02 Å². The Morgan fingerprint density at radius 2 is 1.88 bits per heavy atom. The number of carbonyl (C=O) groups is 2. The van der Waals surface area contributed by atoms with Crippen LogP contribution in [-0.4, -0.2) is 17.4 Å². The number of ether oxygens (including phenoxy) is 1. The number of hydrogen-bond acceptors (Lipinski definition) is 5. The van der Waals surface area contributed by atoms with E-state index in [1.165, 1.54) is 0 Å². The van der Waals surface area contributed by atoms with Crippen LogP contribution >= 0.6 is 11.6 Å². The van der Waals surface area contributed by atoms with Crippen molar-refractivity contribution in [1.29, 1.82) is 0 Å². The molecule has 24 heavy (non-hydrogen) atoms. The number of aromatic nitrogens is 1. The number of rotatable bonds is 4. The Morgan fingerprint density at radius 3 is 2.54 bits per heavy atom. The van der Waals surface area contributed by atoms with Gasteiger partial charge in [-0.25, -0.2) is 4.79 Å². The first kappa shape index (κ1) is 16.0. The minimum Gasteiger partial charge on any atom is -0.423 e. The van der Waals surface area contributed by atoms with E-state index in [4.69, 9.17) is 20.9 Å². The average Bonchev–Trinajstić information content (AvgIpc) is 2.97. The van der Waals surface area contributed by atoms with Gasteiger partial charge in [-0.3, -0.25) is 4.79 Å². The molecule has 0 bridgehead atoms. The molecule has 0 aliphatic carbocycles. The van der Waals surface area contributed by atoms with Crippen LogP contribution in [0.1, 0.15) is 26.5 Å². The van der Waals surface area contributed by atoms with E-state index in [0.29, 0.717) is 39.6 Å². The van der Waals surface area contributed by atoms with Crippen LogP contribution in [-0.2, 0) is 0 Å². The second kappa shape index (κ2) is 6.68. The summed E-state index contributed by atoms with van der Waals surface area (Å²) in [7, 11) is 0. The van der Waals surface area contributed by atoms with E-state index in [-0.39, 0.29) is 5.56 Å². The molecule has 0 aliphatic heterocycles. The summed E-state index contributed by atoms with van der Waals surface area (Å²) in [6.45, 7) is 1.62. The second-order valence-electron chi connectivity index (χ2n) is 5.02.